The molecule has 0 spiro atoms. The van der Waals surface area contributed by atoms with Crippen molar-refractivity contribution in [3.63, 3.8) is 0 Å². The molecule has 1 N–H and O–H groups in total. The van der Waals surface area contributed by atoms with Gasteiger partial charge in [-0.05, 0) is 24.4 Å². The van der Waals surface area contributed by atoms with Gasteiger partial charge in [0.05, 0.1) is 27.1 Å². The first-order valence-electron chi connectivity index (χ1n) is 5.93. The number of nitrogens with zero attached hydrogens (tertiary/aromatic N) is 3. The van der Waals surface area contributed by atoms with Crippen LogP contribution in [0.1, 0.15) is 24.3 Å². The van der Waals surface area contributed by atoms with Gasteiger partial charge in [-0.1, -0.05) is 11.6 Å². The Balaban J connectivity index is 2.07. The number of halogens is 1. The number of rotatable bonds is 3. The molecule has 0 aliphatic carbocycles. The molecule has 3 aromatic rings. The predicted molar refractivity (Wildman–Crippen MR) is 76.6 cm³/mol. The van der Waals surface area contributed by atoms with Gasteiger partial charge in [0.15, 0.2) is 0 Å². The van der Waals surface area contributed by atoms with Crippen LogP contribution in [0.5, 0.6) is 0 Å². The molecule has 3 heterocycles. The first-order chi connectivity index (χ1) is 9.20. The highest BCUT2D eigenvalue weighted by molar-refractivity contribution is 7.17. The van der Waals surface area contributed by atoms with Crippen molar-refractivity contribution in [3.8, 4) is 0 Å². The van der Waals surface area contributed by atoms with E-state index in [4.69, 9.17) is 11.6 Å². The number of aryl methyl sites for hydroxylation is 1. The largest absolute Gasteiger partial charge is 0.382 e. The number of thiophene rings is 1. The van der Waals surface area contributed by atoms with E-state index in [0.717, 1.165) is 15.8 Å². The molecule has 4 nitrogen and oxygen atoms in total. The van der Waals surface area contributed by atoms with E-state index in [1.54, 1.807) is 28.4 Å². The van der Waals surface area contributed by atoms with Gasteiger partial charge in [-0.15, -0.1) is 11.3 Å². The third-order valence-electron chi connectivity index (χ3n) is 3.03. The zero-order valence-corrected chi connectivity index (χ0v) is 11.8. The lowest BCUT2D eigenvalue weighted by Gasteiger charge is -2.13. The van der Waals surface area contributed by atoms with Gasteiger partial charge in [0, 0.05) is 18.3 Å². The van der Waals surface area contributed by atoms with Crippen LogP contribution < -0.4 is 0 Å². The summed E-state index contributed by atoms with van der Waals surface area (Å²) >= 11 is 7.71. The van der Waals surface area contributed by atoms with Crippen LogP contribution in [0.3, 0.4) is 0 Å². The minimum atomic E-state index is -0.811. The van der Waals surface area contributed by atoms with E-state index in [9.17, 15) is 5.11 Å². The molecular weight excluding hydrogens is 282 g/mol. The number of fused-ring (bicyclic) bond motifs is 1. The standard InChI is InChI=1S/C13H12ClN3OS/c1-2-17-12(9(14)7-16-17)13(18)8-5-11-10(15-6-8)3-4-19-11/h3-7,13,18H,2H2,1H3. The lowest BCUT2D eigenvalue weighted by Crippen LogP contribution is -2.09. The molecule has 0 bridgehead atoms. The van der Waals surface area contributed by atoms with Crippen LogP contribution in [0.2, 0.25) is 5.02 Å². The fraction of sp³-hybridized carbons (Fsp3) is 0.231. The minimum absolute atomic E-state index is 0.473. The van der Waals surface area contributed by atoms with Crippen LogP contribution in [0, 0.1) is 0 Å². The van der Waals surface area contributed by atoms with Crippen molar-refractivity contribution in [2.24, 2.45) is 0 Å². The maximum Gasteiger partial charge on any atom is 0.124 e. The number of aliphatic hydroxyl groups excluding tert-OH is 1. The van der Waals surface area contributed by atoms with E-state index in [0.29, 0.717) is 17.3 Å². The molecule has 0 saturated carbocycles. The van der Waals surface area contributed by atoms with Gasteiger partial charge in [-0.3, -0.25) is 9.67 Å². The molecule has 0 saturated heterocycles. The maximum absolute atomic E-state index is 10.5. The summed E-state index contributed by atoms with van der Waals surface area (Å²) in [5, 5.41) is 17.1. The van der Waals surface area contributed by atoms with Gasteiger partial charge in [-0.25, -0.2) is 0 Å². The van der Waals surface area contributed by atoms with Gasteiger partial charge in [0.25, 0.3) is 0 Å². The quantitative estimate of drug-likeness (QED) is 0.806. The zero-order valence-electron chi connectivity index (χ0n) is 10.2. The average molecular weight is 294 g/mol. The molecule has 6 heteroatoms. The lowest BCUT2D eigenvalue weighted by atomic mass is 10.1. The van der Waals surface area contributed by atoms with Crippen molar-refractivity contribution in [3.05, 3.63) is 46.2 Å². The zero-order chi connectivity index (χ0) is 13.4. The highest BCUT2D eigenvalue weighted by Gasteiger charge is 2.20. The summed E-state index contributed by atoms with van der Waals surface area (Å²) in [6.45, 7) is 2.62. The smallest absolute Gasteiger partial charge is 0.124 e. The van der Waals surface area contributed by atoms with Crippen molar-refractivity contribution in [2.75, 3.05) is 0 Å². The number of pyridine rings is 1. The van der Waals surface area contributed by atoms with Gasteiger partial charge < -0.3 is 5.11 Å². The molecule has 19 heavy (non-hydrogen) atoms. The number of aromatic nitrogens is 3. The van der Waals surface area contributed by atoms with Crippen molar-refractivity contribution in [1.82, 2.24) is 14.8 Å². The molecule has 0 aromatic carbocycles. The molecule has 1 atom stereocenters. The Kier molecular flexibility index (Phi) is 3.26. The summed E-state index contributed by atoms with van der Waals surface area (Å²) in [7, 11) is 0. The Labute approximate surface area is 119 Å². The topological polar surface area (TPSA) is 50.9 Å². The molecule has 0 aliphatic heterocycles. The van der Waals surface area contributed by atoms with E-state index in [1.807, 2.05) is 24.4 Å². The molecule has 98 valence electrons. The van der Waals surface area contributed by atoms with E-state index in [-0.39, 0.29) is 0 Å². The van der Waals surface area contributed by atoms with Gasteiger partial charge >= 0.3 is 0 Å². The SMILES string of the molecule is CCn1ncc(Cl)c1C(O)c1cnc2ccsc2c1. The van der Waals surface area contributed by atoms with Crippen LogP contribution in [0.25, 0.3) is 10.2 Å². The average Bonchev–Trinajstić information content (AvgIpc) is 3.02. The molecule has 0 aliphatic rings. The Morgan fingerprint density at radius 2 is 2.32 bits per heavy atom. The number of aliphatic hydroxyl groups is 1. The molecular formula is C13H12ClN3OS. The summed E-state index contributed by atoms with van der Waals surface area (Å²) < 4.78 is 2.75. The lowest BCUT2D eigenvalue weighted by molar-refractivity contribution is 0.208. The van der Waals surface area contributed by atoms with Crippen LogP contribution in [0.15, 0.2) is 29.9 Å². The number of hydrogen-bond acceptors (Lipinski definition) is 4. The summed E-state index contributed by atoms with van der Waals surface area (Å²) in [5.74, 6) is 0. The van der Waals surface area contributed by atoms with Crippen LogP contribution >= 0.6 is 22.9 Å². The van der Waals surface area contributed by atoms with Crippen molar-refractivity contribution in [1.29, 1.82) is 0 Å². The third kappa shape index (κ3) is 2.14. The van der Waals surface area contributed by atoms with Crippen LogP contribution in [0.4, 0.5) is 0 Å². The van der Waals surface area contributed by atoms with Crippen LogP contribution in [-0.4, -0.2) is 19.9 Å². The van der Waals surface area contributed by atoms with Crippen molar-refractivity contribution < 1.29 is 5.11 Å². The summed E-state index contributed by atoms with van der Waals surface area (Å²) in [6.07, 6.45) is 2.43. The Morgan fingerprint density at radius 3 is 3.11 bits per heavy atom. The molecule has 3 aromatic heterocycles. The molecule has 3 rings (SSSR count). The maximum atomic E-state index is 10.5. The molecule has 0 amide bonds. The first-order valence-corrected chi connectivity index (χ1v) is 7.19. The van der Waals surface area contributed by atoms with E-state index >= 15 is 0 Å². The summed E-state index contributed by atoms with van der Waals surface area (Å²) in [5.41, 5.74) is 2.28. The normalized spacial score (nSPS) is 13.0. The van der Waals surface area contributed by atoms with Gasteiger partial charge in [-0.2, -0.15) is 5.10 Å². The highest BCUT2D eigenvalue weighted by Crippen LogP contribution is 2.30. The van der Waals surface area contributed by atoms with Crippen LogP contribution in [-0.2, 0) is 6.54 Å². The third-order valence-corrected chi connectivity index (χ3v) is 4.18. The number of hydrogen-bond donors (Lipinski definition) is 1. The van der Waals surface area contributed by atoms with Crippen molar-refractivity contribution >= 4 is 33.2 Å². The molecule has 0 radical (unpaired) electrons. The molecule has 1 unspecified atom stereocenters. The minimum Gasteiger partial charge on any atom is -0.382 e. The van der Waals surface area contributed by atoms with Gasteiger partial charge in [0.2, 0.25) is 0 Å². The van der Waals surface area contributed by atoms with E-state index < -0.39 is 6.10 Å². The second-order valence-electron chi connectivity index (χ2n) is 4.17. The van der Waals surface area contributed by atoms with Crippen molar-refractivity contribution in [2.45, 2.75) is 19.6 Å². The monoisotopic (exact) mass is 293 g/mol. The Bertz CT molecular complexity index is 722. The fourth-order valence-electron chi connectivity index (χ4n) is 2.06. The summed E-state index contributed by atoms with van der Waals surface area (Å²) in [4.78, 5) is 4.33. The second kappa shape index (κ2) is 4.92. The fourth-order valence-corrected chi connectivity index (χ4v) is 3.10. The molecule has 0 fully saturated rings. The Morgan fingerprint density at radius 1 is 1.47 bits per heavy atom. The van der Waals surface area contributed by atoms with E-state index in [1.165, 1.54) is 0 Å². The Hall–Kier alpha value is -1.43. The summed E-state index contributed by atoms with van der Waals surface area (Å²) in [6, 6.07) is 3.90. The second-order valence-corrected chi connectivity index (χ2v) is 5.52. The highest BCUT2D eigenvalue weighted by atomic mass is 35.5. The van der Waals surface area contributed by atoms with Gasteiger partial charge in [0.1, 0.15) is 6.10 Å². The predicted octanol–water partition coefficient (Wildman–Crippen LogP) is 3.25. The first kappa shape index (κ1) is 12.6. The van der Waals surface area contributed by atoms with E-state index in [2.05, 4.69) is 10.1 Å².